The van der Waals surface area contributed by atoms with Crippen molar-refractivity contribution in [1.82, 2.24) is 4.72 Å². The molecule has 2 N–H and O–H groups in total. The van der Waals surface area contributed by atoms with Gasteiger partial charge in [0.25, 0.3) is 0 Å². The Bertz CT molecular complexity index is 448. The maximum Gasteiger partial charge on any atom is 0.211 e. The molecule has 1 aromatic rings. The molecule has 0 bridgehead atoms. The molecule has 1 rings (SSSR count). The van der Waals surface area contributed by atoms with Crippen LogP contribution in [-0.4, -0.2) is 25.9 Å². The number of aliphatic hydroxyl groups is 1. The summed E-state index contributed by atoms with van der Waals surface area (Å²) >= 11 is 3.36. The molecule has 0 heterocycles. The second-order valence-corrected chi connectivity index (χ2v) is 6.44. The van der Waals surface area contributed by atoms with Gasteiger partial charge in [-0.2, -0.15) is 0 Å². The van der Waals surface area contributed by atoms with Gasteiger partial charge in [-0.3, -0.25) is 0 Å². The van der Waals surface area contributed by atoms with Crippen molar-refractivity contribution in [1.29, 1.82) is 0 Å². The van der Waals surface area contributed by atoms with E-state index in [0.717, 1.165) is 10.0 Å². The predicted octanol–water partition coefficient (Wildman–Crippen LogP) is 1.64. The number of hydrogen-bond donors (Lipinski definition) is 2. The molecule has 1 aromatic carbocycles. The Morgan fingerprint density at radius 2 is 1.94 bits per heavy atom. The van der Waals surface area contributed by atoms with E-state index < -0.39 is 10.0 Å². The minimum absolute atomic E-state index is 0.0275. The highest BCUT2D eigenvalue weighted by molar-refractivity contribution is 9.10. The van der Waals surface area contributed by atoms with Gasteiger partial charge >= 0.3 is 0 Å². The first-order valence-corrected chi connectivity index (χ1v) is 7.81. The minimum Gasteiger partial charge on any atom is -0.396 e. The van der Waals surface area contributed by atoms with Crippen LogP contribution in [0.2, 0.25) is 0 Å². The van der Waals surface area contributed by atoms with Crippen LogP contribution in [0.15, 0.2) is 28.7 Å². The van der Waals surface area contributed by atoms with Gasteiger partial charge in [-0.25, -0.2) is 13.1 Å². The van der Waals surface area contributed by atoms with E-state index in [4.69, 9.17) is 5.11 Å². The molecule has 4 nitrogen and oxygen atoms in total. The fourth-order valence-corrected chi connectivity index (χ4v) is 2.83. The van der Waals surface area contributed by atoms with Crippen molar-refractivity contribution < 1.29 is 13.5 Å². The Labute approximate surface area is 110 Å². The molecule has 0 atom stereocenters. The third-order valence-electron chi connectivity index (χ3n) is 2.26. The van der Waals surface area contributed by atoms with Crippen LogP contribution < -0.4 is 4.72 Å². The number of rotatable bonds is 7. The van der Waals surface area contributed by atoms with Crippen molar-refractivity contribution in [3.8, 4) is 0 Å². The second-order valence-electron chi connectivity index (χ2n) is 3.66. The van der Waals surface area contributed by atoms with E-state index in [9.17, 15) is 8.42 Å². The maximum absolute atomic E-state index is 11.6. The Morgan fingerprint density at radius 1 is 1.24 bits per heavy atom. The lowest BCUT2D eigenvalue weighted by Gasteiger charge is -2.07. The van der Waals surface area contributed by atoms with E-state index in [1.807, 2.05) is 24.3 Å². The molecule has 0 radical (unpaired) electrons. The molecule has 0 saturated carbocycles. The van der Waals surface area contributed by atoms with Gasteiger partial charge in [-0.1, -0.05) is 34.1 Å². The molecule has 0 aliphatic heterocycles. The smallest absolute Gasteiger partial charge is 0.211 e. The van der Waals surface area contributed by atoms with Crippen LogP contribution in [0.4, 0.5) is 0 Å². The molecular formula is C11H16BrNO3S. The van der Waals surface area contributed by atoms with Crippen LogP contribution in [0.5, 0.6) is 0 Å². The highest BCUT2D eigenvalue weighted by Crippen LogP contribution is 2.15. The summed E-state index contributed by atoms with van der Waals surface area (Å²) in [7, 11) is -3.25. The van der Waals surface area contributed by atoms with Crippen LogP contribution in [0.3, 0.4) is 0 Å². The Hall–Kier alpha value is -0.430. The van der Waals surface area contributed by atoms with Crippen LogP contribution in [-0.2, 0) is 16.6 Å². The highest BCUT2D eigenvalue weighted by atomic mass is 79.9. The molecule has 0 amide bonds. The largest absolute Gasteiger partial charge is 0.396 e. The fourth-order valence-electron chi connectivity index (χ4n) is 1.31. The molecule has 17 heavy (non-hydrogen) atoms. The lowest BCUT2D eigenvalue weighted by molar-refractivity contribution is 0.287. The minimum atomic E-state index is -3.25. The summed E-state index contributed by atoms with van der Waals surface area (Å²) in [5.41, 5.74) is 0.901. The summed E-state index contributed by atoms with van der Waals surface area (Å²) < 4.78 is 26.6. The van der Waals surface area contributed by atoms with Crippen molar-refractivity contribution in [3.63, 3.8) is 0 Å². The van der Waals surface area contributed by atoms with E-state index in [-0.39, 0.29) is 18.9 Å². The normalized spacial score (nSPS) is 11.6. The number of benzene rings is 1. The summed E-state index contributed by atoms with van der Waals surface area (Å²) in [6.45, 7) is 0.308. The molecule has 0 saturated heterocycles. The van der Waals surface area contributed by atoms with Gasteiger partial charge in [0, 0.05) is 17.6 Å². The van der Waals surface area contributed by atoms with E-state index in [2.05, 4.69) is 20.7 Å². The van der Waals surface area contributed by atoms with E-state index in [1.165, 1.54) is 0 Å². The van der Waals surface area contributed by atoms with Crippen molar-refractivity contribution in [2.45, 2.75) is 19.4 Å². The number of sulfonamides is 1. The lowest BCUT2D eigenvalue weighted by Crippen LogP contribution is -2.26. The average Bonchev–Trinajstić information content (AvgIpc) is 2.28. The molecule has 0 fully saturated rings. The van der Waals surface area contributed by atoms with Gasteiger partial charge in [0.05, 0.1) is 5.75 Å². The zero-order valence-corrected chi connectivity index (χ0v) is 11.8. The van der Waals surface area contributed by atoms with Gasteiger partial charge in [-0.15, -0.1) is 0 Å². The summed E-state index contributed by atoms with van der Waals surface area (Å²) in [5.74, 6) is 0.0536. The summed E-state index contributed by atoms with van der Waals surface area (Å²) in [5, 5.41) is 8.59. The monoisotopic (exact) mass is 321 g/mol. The molecule has 0 unspecified atom stereocenters. The topological polar surface area (TPSA) is 66.4 Å². The van der Waals surface area contributed by atoms with Gasteiger partial charge in [-0.05, 0) is 24.5 Å². The van der Waals surface area contributed by atoms with E-state index >= 15 is 0 Å². The van der Waals surface area contributed by atoms with Crippen molar-refractivity contribution in [2.24, 2.45) is 0 Å². The summed E-state index contributed by atoms with van der Waals surface area (Å²) in [6, 6.07) is 7.47. The zero-order valence-electron chi connectivity index (χ0n) is 9.39. The summed E-state index contributed by atoms with van der Waals surface area (Å²) in [4.78, 5) is 0. The average molecular weight is 322 g/mol. The summed E-state index contributed by atoms with van der Waals surface area (Å²) in [6.07, 6.45) is 0.984. The van der Waals surface area contributed by atoms with Crippen molar-refractivity contribution in [2.75, 3.05) is 12.4 Å². The third kappa shape index (κ3) is 5.63. The second kappa shape index (κ2) is 7.10. The van der Waals surface area contributed by atoms with Crippen LogP contribution in [0, 0.1) is 0 Å². The van der Waals surface area contributed by atoms with Gasteiger partial charge in [0.2, 0.25) is 10.0 Å². The van der Waals surface area contributed by atoms with Gasteiger partial charge in [0.1, 0.15) is 0 Å². The maximum atomic E-state index is 11.6. The number of unbranched alkanes of at least 4 members (excludes halogenated alkanes) is 1. The highest BCUT2D eigenvalue weighted by Gasteiger charge is 2.10. The lowest BCUT2D eigenvalue weighted by atomic mass is 10.2. The molecule has 6 heteroatoms. The Morgan fingerprint density at radius 3 is 2.59 bits per heavy atom. The molecule has 0 aromatic heterocycles. The quantitative estimate of drug-likeness (QED) is 0.750. The third-order valence-corrected chi connectivity index (χ3v) is 4.45. The number of hydrogen-bond acceptors (Lipinski definition) is 3. The molecule has 0 spiro atoms. The first-order chi connectivity index (χ1) is 8.05. The first kappa shape index (κ1) is 14.6. The first-order valence-electron chi connectivity index (χ1n) is 5.37. The van der Waals surface area contributed by atoms with Crippen LogP contribution in [0.1, 0.15) is 18.4 Å². The molecule has 0 aliphatic carbocycles. The number of halogens is 1. The van der Waals surface area contributed by atoms with Crippen molar-refractivity contribution in [3.05, 3.63) is 34.3 Å². The molecule has 96 valence electrons. The van der Waals surface area contributed by atoms with Gasteiger partial charge in [0.15, 0.2) is 0 Å². The standard InChI is InChI=1S/C11H16BrNO3S/c12-11-6-2-1-5-10(11)9-13-17(15,16)8-4-3-7-14/h1-2,5-6,13-14H,3-4,7-9H2. The van der Waals surface area contributed by atoms with E-state index in [0.29, 0.717) is 12.8 Å². The zero-order chi connectivity index (χ0) is 12.7. The van der Waals surface area contributed by atoms with Crippen LogP contribution >= 0.6 is 15.9 Å². The molecular weight excluding hydrogens is 306 g/mol. The van der Waals surface area contributed by atoms with E-state index in [1.54, 1.807) is 0 Å². The molecule has 0 aliphatic rings. The van der Waals surface area contributed by atoms with Crippen molar-refractivity contribution >= 4 is 26.0 Å². The fraction of sp³-hybridized carbons (Fsp3) is 0.455. The Balaban J connectivity index is 2.47. The number of aliphatic hydroxyl groups excluding tert-OH is 1. The Kier molecular flexibility index (Phi) is 6.11. The van der Waals surface area contributed by atoms with Crippen LogP contribution in [0.25, 0.3) is 0 Å². The van der Waals surface area contributed by atoms with Gasteiger partial charge < -0.3 is 5.11 Å². The predicted molar refractivity (Wildman–Crippen MR) is 71.1 cm³/mol. The SMILES string of the molecule is O=S(=O)(CCCCO)NCc1ccccc1Br. The number of nitrogens with one attached hydrogen (secondary N) is 1.